The zero-order chi connectivity index (χ0) is 21.7. The van der Waals surface area contributed by atoms with Crippen LogP contribution in [0.25, 0.3) is 10.9 Å². The highest BCUT2D eigenvalue weighted by Crippen LogP contribution is 2.23. The smallest absolute Gasteiger partial charge is 0.339 e. The van der Waals surface area contributed by atoms with Gasteiger partial charge in [-0.05, 0) is 37.8 Å². The van der Waals surface area contributed by atoms with Gasteiger partial charge in [0.25, 0.3) is 5.91 Å². The highest BCUT2D eigenvalue weighted by atomic mass is 16.5. The van der Waals surface area contributed by atoms with Crippen LogP contribution < -0.4 is 10.6 Å². The van der Waals surface area contributed by atoms with Crippen LogP contribution in [0.1, 0.15) is 74.8 Å². The molecule has 0 bridgehead atoms. The van der Waals surface area contributed by atoms with Gasteiger partial charge in [0.05, 0.1) is 11.1 Å². The van der Waals surface area contributed by atoms with Gasteiger partial charge in [-0.25, -0.2) is 9.59 Å². The van der Waals surface area contributed by atoms with E-state index in [-0.39, 0.29) is 12.0 Å². The topological polar surface area (TPSA) is 97.4 Å². The van der Waals surface area contributed by atoms with Crippen molar-refractivity contribution in [3.05, 3.63) is 41.6 Å². The molecule has 1 saturated carbocycles. The maximum absolute atomic E-state index is 12.8. The van der Waals surface area contributed by atoms with E-state index in [2.05, 4.69) is 15.6 Å². The molecule has 1 aliphatic carbocycles. The summed E-state index contributed by atoms with van der Waals surface area (Å²) < 4.78 is 5.37. The standard InChI is InChI=1S/C23H29N3O4/c1-14(2)20-13-18(17-11-7-8-12-19(17)25-20)22(28)30-15(3)21(27)26-23(29)24-16-9-5-4-6-10-16/h7-8,11-16H,4-6,9-10H2,1-3H3,(H2,24,26,27,29). The van der Waals surface area contributed by atoms with Crippen LogP contribution in [0.4, 0.5) is 4.79 Å². The van der Waals surface area contributed by atoms with E-state index in [1.54, 1.807) is 12.1 Å². The quantitative estimate of drug-likeness (QED) is 0.723. The number of nitrogens with zero attached hydrogens (tertiary/aromatic N) is 1. The predicted molar refractivity (Wildman–Crippen MR) is 114 cm³/mol. The lowest BCUT2D eigenvalue weighted by atomic mass is 9.96. The van der Waals surface area contributed by atoms with Gasteiger partial charge in [0, 0.05) is 17.1 Å². The lowest BCUT2D eigenvalue weighted by Gasteiger charge is -2.23. The van der Waals surface area contributed by atoms with E-state index in [1.165, 1.54) is 13.3 Å². The number of rotatable bonds is 5. The van der Waals surface area contributed by atoms with E-state index in [1.807, 2.05) is 32.0 Å². The third-order valence-electron chi connectivity index (χ3n) is 5.38. The molecular formula is C23H29N3O4. The zero-order valence-corrected chi connectivity index (χ0v) is 17.7. The van der Waals surface area contributed by atoms with Crippen molar-refractivity contribution < 1.29 is 19.1 Å². The number of amides is 3. The Hall–Kier alpha value is -2.96. The van der Waals surface area contributed by atoms with Gasteiger partial charge in [0.2, 0.25) is 0 Å². The molecule has 1 atom stereocenters. The minimum absolute atomic E-state index is 0.0852. The molecule has 160 valence electrons. The number of ether oxygens (including phenoxy) is 1. The molecule has 2 aromatic rings. The number of carbonyl (C=O) groups is 3. The Morgan fingerprint density at radius 1 is 1.07 bits per heavy atom. The predicted octanol–water partition coefficient (Wildman–Crippen LogP) is 4.06. The molecule has 3 amide bonds. The van der Waals surface area contributed by atoms with Crippen LogP contribution in [-0.2, 0) is 9.53 Å². The summed E-state index contributed by atoms with van der Waals surface area (Å²) >= 11 is 0. The number of pyridine rings is 1. The third-order valence-corrected chi connectivity index (χ3v) is 5.38. The van der Waals surface area contributed by atoms with Gasteiger partial charge in [0.1, 0.15) is 0 Å². The van der Waals surface area contributed by atoms with Crippen LogP contribution in [0.2, 0.25) is 0 Å². The maximum atomic E-state index is 12.8. The number of aromatic nitrogens is 1. The lowest BCUT2D eigenvalue weighted by molar-refractivity contribution is -0.127. The van der Waals surface area contributed by atoms with E-state index in [0.29, 0.717) is 16.5 Å². The number of hydrogen-bond acceptors (Lipinski definition) is 5. The molecule has 7 nitrogen and oxygen atoms in total. The van der Waals surface area contributed by atoms with E-state index in [4.69, 9.17) is 4.74 Å². The number of para-hydroxylation sites is 1. The summed E-state index contributed by atoms with van der Waals surface area (Å²) in [5.74, 6) is -1.14. The van der Waals surface area contributed by atoms with Crippen molar-refractivity contribution in [2.45, 2.75) is 70.9 Å². The lowest BCUT2D eigenvalue weighted by Crippen LogP contribution is -2.48. The van der Waals surface area contributed by atoms with E-state index in [9.17, 15) is 14.4 Å². The molecule has 30 heavy (non-hydrogen) atoms. The first-order valence-electron chi connectivity index (χ1n) is 10.6. The molecule has 3 rings (SSSR count). The monoisotopic (exact) mass is 411 g/mol. The number of urea groups is 1. The summed E-state index contributed by atoms with van der Waals surface area (Å²) in [6, 6.07) is 8.55. The van der Waals surface area contributed by atoms with Crippen LogP contribution in [0, 0.1) is 0 Å². The van der Waals surface area contributed by atoms with Crippen LogP contribution in [-0.4, -0.2) is 35.0 Å². The second kappa shape index (κ2) is 9.69. The van der Waals surface area contributed by atoms with Gasteiger partial charge in [-0.3, -0.25) is 15.1 Å². The normalized spacial score (nSPS) is 15.6. The van der Waals surface area contributed by atoms with E-state index < -0.39 is 24.0 Å². The summed E-state index contributed by atoms with van der Waals surface area (Å²) in [7, 11) is 0. The molecule has 1 heterocycles. The Labute approximate surface area is 176 Å². The molecule has 7 heteroatoms. The van der Waals surface area contributed by atoms with Crippen molar-refractivity contribution >= 4 is 28.8 Å². The highest BCUT2D eigenvalue weighted by molar-refractivity contribution is 6.05. The van der Waals surface area contributed by atoms with Gasteiger partial charge in [-0.15, -0.1) is 0 Å². The Morgan fingerprint density at radius 2 is 1.77 bits per heavy atom. The van der Waals surface area contributed by atoms with Gasteiger partial charge < -0.3 is 10.1 Å². The first kappa shape index (κ1) is 21.7. The molecule has 0 aliphatic heterocycles. The molecule has 0 spiro atoms. The minimum atomic E-state index is -1.11. The fraction of sp³-hybridized carbons (Fsp3) is 0.478. The van der Waals surface area contributed by atoms with Crippen LogP contribution in [0.3, 0.4) is 0 Å². The third kappa shape index (κ3) is 5.34. The number of esters is 1. The van der Waals surface area contributed by atoms with Gasteiger partial charge >= 0.3 is 12.0 Å². The fourth-order valence-electron chi connectivity index (χ4n) is 3.62. The Kier molecular flexibility index (Phi) is 7.03. The van der Waals surface area contributed by atoms with Crippen molar-refractivity contribution in [1.82, 2.24) is 15.6 Å². The first-order valence-corrected chi connectivity index (χ1v) is 10.6. The number of hydrogen-bond donors (Lipinski definition) is 2. The molecule has 1 aromatic heterocycles. The number of fused-ring (bicyclic) bond motifs is 1. The SMILES string of the molecule is CC(OC(=O)c1cc(C(C)C)nc2ccccc12)C(=O)NC(=O)NC1CCCCC1. The Bertz CT molecular complexity index is 935. The Morgan fingerprint density at radius 3 is 2.47 bits per heavy atom. The van der Waals surface area contributed by atoms with Crippen molar-refractivity contribution in [2.24, 2.45) is 0 Å². The average molecular weight is 412 g/mol. The average Bonchev–Trinajstić information content (AvgIpc) is 2.73. The minimum Gasteiger partial charge on any atom is -0.449 e. The summed E-state index contributed by atoms with van der Waals surface area (Å²) in [6.07, 6.45) is 4.05. The van der Waals surface area contributed by atoms with Crippen molar-refractivity contribution in [3.63, 3.8) is 0 Å². The Balaban J connectivity index is 1.66. The van der Waals surface area contributed by atoms with Crippen molar-refractivity contribution in [3.8, 4) is 0 Å². The van der Waals surface area contributed by atoms with E-state index >= 15 is 0 Å². The molecular weight excluding hydrogens is 382 g/mol. The van der Waals surface area contributed by atoms with Crippen molar-refractivity contribution in [1.29, 1.82) is 0 Å². The van der Waals surface area contributed by atoms with Crippen LogP contribution in [0.15, 0.2) is 30.3 Å². The molecule has 0 radical (unpaired) electrons. The summed E-state index contributed by atoms with van der Waals surface area (Å²) in [5, 5.41) is 5.75. The molecule has 1 fully saturated rings. The fourth-order valence-corrected chi connectivity index (χ4v) is 3.62. The molecule has 1 aliphatic rings. The highest BCUT2D eigenvalue weighted by Gasteiger charge is 2.24. The number of imide groups is 1. The summed E-state index contributed by atoms with van der Waals surface area (Å²) in [6.45, 7) is 5.44. The van der Waals surface area contributed by atoms with Gasteiger partial charge in [-0.2, -0.15) is 0 Å². The number of nitrogens with one attached hydrogen (secondary N) is 2. The largest absolute Gasteiger partial charge is 0.449 e. The van der Waals surface area contributed by atoms with E-state index in [0.717, 1.165) is 31.4 Å². The van der Waals surface area contributed by atoms with Gasteiger partial charge in [-0.1, -0.05) is 51.3 Å². The zero-order valence-electron chi connectivity index (χ0n) is 17.7. The second-order valence-electron chi connectivity index (χ2n) is 8.11. The van der Waals surface area contributed by atoms with Crippen molar-refractivity contribution in [2.75, 3.05) is 0 Å². The first-order chi connectivity index (χ1) is 14.3. The number of carbonyl (C=O) groups excluding carboxylic acids is 3. The molecule has 1 unspecified atom stereocenters. The molecule has 0 saturated heterocycles. The molecule has 2 N–H and O–H groups in total. The number of benzene rings is 1. The van der Waals surface area contributed by atoms with Crippen LogP contribution in [0.5, 0.6) is 0 Å². The second-order valence-corrected chi connectivity index (χ2v) is 8.11. The summed E-state index contributed by atoms with van der Waals surface area (Å²) in [4.78, 5) is 41.8. The van der Waals surface area contributed by atoms with Gasteiger partial charge in [0.15, 0.2) is 6.10 Å². The maximum Gasteiger partial charge on any atom is 0.339 e. The van der Waals surface area contributed by atoms with Crippen LogP contribution >= 0.6 is 0 Å². The molecule has 1 aromatic carbocycles. The summed E-state index contributed by atoms with van der Waals surface area (Å²) in [5.41, 5.74) is 1.82.